The van der Waals surface area contributed by atoms with Crippen LogP contribution >= 0.6 is 0 Å². The summed E-state index contributed by atoms with van der Waals surface area (Å²) in [7, 11) is 0. The Morgan fingerprint density at radius 1 is 1.12 bits per heavy atom. The molecule has 6 heteroatoms. The van der Waals surface area contributed by atoms with Crippen molar-refractivity contribution in [3.8, 4) is 0 Å². The standard InChI is InChI=1S/C11H12N6/c12-9-8-6-17(7-4-2-1-3-5-7)16-10(8)15-11(13)14-9/h1-5H,6H2,(H5,12,13,14,15,16). The van der Waals surface area contributed by atoms with Gasteiger partial charge in [0.25, 0.3) is 0 Å². The van der Waals surface area contributed by atoms with Gasteiger partial charge in [-0.15, -0.1) is 0 Å². The molecule has 5 N–H and O–H groups in total. The van der Waals surface area contributed by atoms with E-state index in [1.165, 1.54) is 0 Å². The number of hydrogen-bond acceptors (Lipinski definition) is 6. The van der Waals surface area contributed by atoms with Crippen molar-refractivity contribution in [2.24, 2.45) is 0 Å². The van der Waals surface area contributed by atoms with Gasteiger partial charge in [0.05, 0.1) is 17.8 Å². The summed E-state index contributed by atoms with van der Waals surface area (Å²) in [6, 6.07) is 9.93. The van der Waals surface area contributed by atoms with Crippen LogP contribution in [0.25, 0.3) is 0 Å². The van der Waals surface area contributed by atoms with Crippen molar-refractivity contribution in [3.05, 3.63) is 35.9 Å². The Morgan fingerprint density at radius 2 is 1.88 bits per heavy atom. The van der Waals surface area contributed by atoms with Gasteiger partial charge in [-0.2, -0.15) is 9.97 Å². The van der Waals surface area contributed by atoms with E-state index in [9.17, 15) is 0 Å². The largest absolute Gasteiger partial charge is 0.383 e. The Labute approximate surface area is 98.2 Å². The third-order valence-electron chi connectivity index (χ3n) is 2.68. The van der Waals surface area contributed by atoms with E-state index in [2.05, 4.69) is 15.4 Å². The van der Waals surface area contributed by atoms with Crippen molar-refractivity contribution in [3.63, 3.8) is 0 Å². The number of nitrogens with two attached hydrogens (primary N) is 2. The number of anilines is 4. The Balaban J connectivity index is 1.96. The number of hydrogen-bond donors (Lipinski definition) is 3. The zero-order valence-corrected chi connectivity index (χ0v) is 9.09. The molecule has 0 atom stereocenters. The van der Waals surface area contributed by atoms with Crippen molar-refractivity contribution >= 4 is 23.3 Å². The number of rotatable bonds is 1. The van der Waals surface area contributed by atoms with E-state index in [1.54, 1.807) is 0 Å². The van der Waals surface area contributed by atoms with E-state index in [-0.39, 0.29) is 5.95 Å². The molecule has 0 unspecified atom stereocenters. The lowest BCUT2D eigenvalue weighted by Gasteiger charge is -2.17. The molecular weight excluding hydrogens is 216 g/mol. The Kier molecular flexibility index (Phi) is 2.01. The predicted octanol–water partition coefficient (Wildman–Crippen LogP) is 0.988. The van der Waals surface area contributed by atoms with Crippen molar-refractivity contribution in [1.29, 1.82) is 0 Å². The number of fused-ring (bicyclic) bond motifs is 1. The van der Waals surface area contributed by atoms with Crippen molar-refractivity contribution in [1.82, 2.24) is 9.97 Å². The molecule has 17 heavy (non-hydrogen) atoms. The number of hydrazine groups is 1. The van der Waals surface area contributed by atoms with Crippen LogP contribution in [0.1, 0.15) is 5.56 Å². The summed E-state index contributed by atoms with van der Waals surface area (Å²) in [5.41, 5.74) is 16.4. The summed E-state index contributed by atoms with van der Waals surface area (Å²) < 4.78 is 0. The van der Waals surface area contributed by atoms with E-state index in [0.717, 1.165) is 11.3 Å². The van der Waals surface area contributed by atoms with Gasteiger partial charge < -0.3 is 11.5 Å². The van der Waals surface area contributed by atoms with Gasteiger partial charge in [0.1, 0.15) is 5.82 Å². The van der Waals surface area contributed by atoms with Crippen LogP contribution in [0.2, 0.25) is 0 Å². The van der Waals surface area contributed by atoms with E-state index in [1.807, 2.05) is 35.3 Å². The molecule has 3 rings (SSSR count). The molecule has 0 saturated heterocycles. The van der Waals surface area contributed by atoms with Gasteiger partial charge in [0.2, 0.25) is 5.95 Å². The third kappa shape index (κ3) is 1.59. The first-order valence-corrected chi connectivity index (χ1v) is 5.25. The summed E-state index contributed by atoms with van der Waals surface area (Å²) >= 11 is 0. The normalized spacial score (nSPS) is 13.3. The van der Waals surface area contributed by atoms with Crippen LogP contribution in [0, 0.1) is 0 Å². The summed E-state index contributed by atoms with van der Waals surface area (Å²) in [5, 5.41) is 1.95. The fourth-order valence-electron chi connectivity index (χ4n) is 1.86. The highest BCUT2D eigenvalue weighted by atomic mass is 15.5. The van der Waals surface area contributed by atoms with Crippen molar-refractivity contribution in [2.75, 3.05) is 21.9 Å². The molecule has 0 saturated carbocycles. The molecule has 0 aliphatic carbocycles. The maximum Gasteiger partial charge on any atom is 0.224 e. The van der Waals surface area contributed by atoms with E-state index in [0.29, 0.717) is 18.2 Å². The van der Waals surface area contributed by atoms with E-state index < -0.39 is 0 Å². The average Bonchev–Trinajstić information content (AvgIpc) is 2.74. The van der Waals surface area contributed by atoms with Gasteiger partial charge in [0, 0.05) is 0 Å². The minimum absolute atomic E-state index is 0.184. The SMILES string of the molecule is Nc1nc(N)c2c(n1)NN(c1ccccc1)C2. The van der Waals surface area contributed by atoms with E-state index in [4.69, 9.17) is 11.5 Å². The average molecular weight is 228 g/mol. The lowest BCUT2D eigenvalue weighted by Crippen LogP contribution is -2.22. The molecule has 0 fully saturated rings. The van der Waals surface area contributed by atoms with E-state index >= 15 is 0 Å². The summed E-state index contributed by atoms with van der Waals surface area (Å²) in [5.74, 6) is 1.29. The highest BCUT2D eigenvalue weighted by Gasteiger charge is 2.23. The Bertz CT molecular complexity index is 553. The molecule has 2 aromatic rings. The van der Waals surface area contributed by atoms with Gasteiger partial charge in [-0.05, 0) is 12.1 Å². The third-order valence-corrected chi connectivity index (χ3v) is 2.68. The second-order valence-corrected chi connectivity index (χ2v) is 3.83. The van der Waals surface area contributed by atoms with Crippen LogP contribution in [-0.2, 0) is 6.54 Å². The van der Waals surface area contributed by atoms with Crippen LogP contribution < -0.4 is 21.9 Å². The Hall–Kier alpha value is -2.50. The van der Waals surface area contributed by atoms with Crippen LogP contribution in [0.15, 0.2) is 30.3 Å². The van der Waals surface area contributed by atoms with Crippen molar-refractivity contribution < 1.29 is 0 Å². The maximum absolute atomic E-state index is 5.82. The minimum Gasteiger partial charge on any atom is -0.383 e. The highest BCUT2D eigenvalue weighted by Crippen LogP contribution is 2.30. The number of para-hydroxylation sites is 1. The summed E-state index contributed by atoms with van der Waals surface area (Å²) in [4.78, 5) is 8.08. The number of aromatic nitrogens is 2. The van der Waals surface area contributed by atoms with Crippen LogP contribution in [0.3, 0.4) is 0 Å². The lowest BCUT2D eigenvalue weighted by atomic mass is 10.2. The fraction of sp³-hybridized carbons (Fsp3) is 0.0909. The van der Waals surface area contributed by atoms with Crippen LogP contribution in [0.5, 0.6) is 0 Å². The van der Waals surface area contributed by atoms with Crippen LogP contribution in [-0.4, -0.2) is 9.97 Å². The van der Waals surface area contributed by atoms with Gasteiger partial charge >= 0.3 is 0 Å². The Morgan fingerprint density at radius 3 is 2.65 bits per heavy atom. The maximum atomic E-state index is 5.82. The fourth-order valence-corrected chi connectivity index (χ4v) is 1.86. The number of nitrogens with zero attached hydrogens (tertiary/aromatic N) is 3. The molecule has 0 amide bonds. The molecule has 6 nitrogen and oxygen atoms in total. The number of nitrogen functional groups attached to an aromatic ring is 2. The second kappa shape index (κ2) is 3.51. The van der Waals surface area contributed by atoms with Gasteiger partial charge in [0.15, 0.2) is 5.82 Å². The topological polar surface area (TPSA) is 93.1 Å². The molecule has 86 valence electrons. The van der Waals surface area contributed by atoms with Crippen LogP contribution in [0.4, 0.5) is 23.3 Å². The molecule has 0 bridgehead atoms. The summed E-state index contributed by atoms with van der Waals surface area (Å²) in [6.45, 7) is 0.630. The first-order chi connectivity index (χ1) is 8.24. The first kappa shape index (κ1) is 9.71. The molecule has 1 aliphatic heterocycles. The van der Waals surface area contributed by atoms with Gasteiger partial charge in [-0.1, -0.05) is 18.2 Å². The smallest absolute Gasteiger partial charge is 0.224 e. The summed E-state index contributed by atoms with van der Waals surface area (Å²) in [6.07, 6.45) is 0. The molecule has 0 radical (unpaired) electrons. The lowest BCUT2D eigenvalue weighted by molar-refractivity contribution is 0.968. The molecule has 2 heterocycles. The number of nitrogens with one attached hydrogen (secondary N) is 1. The molecule has 1 aromatic heterocycles. The second-order valence-electron chi connectivity index (χ2n) is 3.83. The monoisotopic (exact) mass is 228 g/mol. The van der Waals surface area contributed by atoms with Gasteiger partial charge in [-0.25, -0.2) is 0 Å². The molecule has 1 aromatic carbocycles. The molecule has 1 aliphatic rings. The first-order valence-electron chi connectivity index (χ1n) is 5.25. The minimum atomic E-state index is 0.184. The zero-order chi connectivity index (χ0) is 11.8. The molecule has 0 spiro atoms. The zero-order valence-electron chi connectivity index (χ0n) is 9.09. The predicted molar refractivity (Wildman–Crippen MR) is 67.1 cm³/mol. The van der Waals surface area contributed by atoms with Gasteiger partial charge in [-0.3, -0.25) is 10.4 Å². The number of benzene rings is 1. The molecular formula is C11H12N6. The quantitative estimate of drug-likeness (QED) is 0.674. The van der Waals surface area contributed by atoms with Crippen molar-refractivity contribution in [2.45, 2.75) is 6.54 Å². The highest BCUT2D eigenvalue weighted by molar-refractivity contribution is 5.67.